The van der Waals surface area contributed by atoms with E-state index in [2.05, 4.69) is 0 Å². The lowest BCUT2D eigenvalue weighted by Crippen LogP contribution is -2.52. The van der Waals surface area contributed by atoms with Gasteiger partial charge in [-0.3, -0.25) is 0 Å². The first-order valence-electron chi connectivity index (χ1n) is 10.5. The molecule has 0 aliphatic heterocycles. The van der Waals surface area contributed by atoms with Crippen molar-refractivity contribution in [3.8, 4) is 0 Å². The van der Waals surface area contributed by atoms with Crippen LogP contribution in [0.15, 0.2) is 44.6 Å². The zero-order valence-electron chi connectivity index (χ0n) is 19.1. The molecule has 0 bridgehead atoms. The molecule has 24 heteroatoms. The maximum absolute atomic E-state index is 14.8. The Morgan fingerprint density at radius 1 is 0.159 bits per heavy atom. The van der Waals surface area contributed by atoms with Gasteiger partial charge in [-0.1, -0.05) is 0 Å². The van der Waals surface area contributed by atoms with Crippen LogP contribution in [0.25, 0.3) is 0 Å². The van der Waals surface area contributed by atoms with E-state index in [1.54, 1.807) is 0 Å². The summed E-state index contributed by atoms with van der Waals surface area (Å²) in [5.41, 5.74) is -38.5. The fourth-order valence-corrected chi connectivity index (χ4v) is 5.56. The Morgan fingerprint density at radius 3 is 0.295 bits per heavy atom. The van der Waals surface area contributed by atoms with Crippen molar-refractivity contribution in [3.63, 3.8) is 0 Å². The van der Waals surface area contributed by atoms with Gasteiger partial charge in [-0.05, 0) is 0 Å². The number of alkyl halides is 24. The molecule has 0 spiro atoms. The number of fused-ring (bicyclic) bond motifs is 4. The van der Waals surface area contributed by atoms with E-state index in [4.69, 9.17) is 0 Å². The van der Waals surface area contributed by atoms with Crippen LogP contribution in [0.2, 0.25) is 0 Å². The predicted octanol–water partition coefficient (Wildman–Crippen LogP) is 8.86. The molecule has 0 atom stereocenters. The largest absolute Gasteiger partial charge is 0.380 e. The molecule has 0 aromatic rings. The Bertz CT molecular complexity index is 1200. The topological polar surface area (TPSA) is 0 Å². The van der Waals surface area contributed by atoms with E-state index in [1.807, 2.05) is 0 Å². The van der Waals surface area contributed by atoms with Crippen molar-refractivity contribution in [2.24, 2.45) is 0 Å². The van der Waals surface area contributed by atoms with Gasteiger partial charge in [-0.25, -0.2) is 0 Å². The van der Waals surface area contributed by atoms with Crippen LogP contribution in [0.4, 0.5) is 105 Å². The van der Waals surface area contributed by atoms with E-state index in [-0.39, 0.29) is 0 Å². The highest BCUT2D eigenvalue weighted by Crippen LogP contribution is 2.78. The number of hydrogen-bond acceptors (Lipinski definition) is 0. The highest BCUT2D eigenvalue weighted by atomic mass is 19.4. The Morgan fingerprint density at radius 2 is 0.227 bits per heavy atom. The molecule has 0 N–H and O–H groups in total. The van der Waals surface area contributed by atoms with E-state index >= 15 is 0 Å². The predicted molar refractivity (Wildman–Crippen MR) is 87.5 cm³/mol. The molecule has 0 fully saturated rings. The van der Waals surface area contributed by atoms with Crippen LogP contribution < -0.4 is 0 Å². The Labute approximate surface area is 222 Å². The SMILES string of the molecule is FC1(F)C2=C(C3=C(C4=C(C5=C2C(F)(F)C(F)(F)C5(F)F)C(F)(F)C(F)(F)C4(F)F)C(F)(F)C(F)(F)C3(F)F)C(F)(F)C1(F)F. The van der Waals surface area contributed by atoms with Gasteiger partial charge in [0, 0.05) is 44.6 Å². The van der Waals surface area contributed by atoms with Gasteiger partial charge >= 0.3 is 71.1 Å². The third kappa shape index (κ3) is 2.58. The van der Waals surface area contributed by atoms with Gasteiger partial charge in [-0.15, -0.1) is 0 Å². The average Bonchev–Trinajstić information content (AvgIpc) is 3.07. The van der Waals surface area contributed by atoms with Crippen molar-refractivity contribution >= 4 is 0 Å². The van der Waals surface area contributed by atoms with Crippen molar-refractivity contribution in [2.75, 3.05) is 0 Å². The van der Waals surface area contributed by atoms with Gasteiger partial charge in [0.15, 0.2) is 0 Å². The number of hydrogen-bond donors (Lipinski definition) is 0. The maximum atomic E-state index is 14.8. The van der Waals surface area contributed by atoms with Gasteiger partial charge < -0.3 is 0 Å². The Hall–Kier alpha value is -2.72. The first-order chi connectivity index (χ1) is 19.0. The third-order valence-electron chi connectivity index (χ3n) is 7.67. The summed E-state index contributed by atoms with van der Waals surface area (Å²) < 4.78 is 351. The minimum Gasteiger partial charge on any atom is -0.194 e. The van der Waals surface area contributed by atoms with Crippen LogP contribution in [0.1, 0.15) is 0 Å². The lowest BCUT2D eigenvalue weighted by atomic mass is 9.80. The quantitative estimate of drug-likeness (QED) is 0.222. The summed E-state index contributed by atoms with van der Waals surface area (Å²) in [6.45, 7) is 0. The molecule has 0 amide bonds. The van der Waals surface area contributed by atoms with E-state index in [9.17, 15) is 105 Å². The van der Waals surface area contributed by atoms with E-state index in [1.165, 1.54) is 0 Å². The second-order valence-electron chi connectivity index (χ2n) is 9.89. The highest BCUT2D eigenvalue weighted by Gasteiger charge is 2.94. The van der Waals surface area contributed by atoms with Crippen molar-refractivity contribution < 1.29 is 105 Å². The van der Waals surface area contributed by atoms with Crippen LogP contribution >= 0.6 is 0 Å². The summed E-state index contributed by atoms with van der Waals surface area (Å²) in [6, 6.07) is 0. The van der Waals surface area contributed by atoms with Crippen LogP contribution in [0.3, 0.4) is 0 Å². The highest BCUT2D eigenvalue weighted by molar-refractivity contribution is 5.79. The van der Waals surface area contributed by atoms with Crippen molar-refractivity contribution in [1.29, 1.82) is 0 Å². The molecular weight excluding hydrogens is 696 g/mol. The van der Waals surface area contributed by atoms with Crippen molar-refractivity contribution in [2.45, 2.75) is 71.1 Å². The van der Waals surface area contributed by atoms with Gasteiger partial charge in [0.05, 0.1) is 0 Å². The summed E-state index contributed by atoms with van der Waals surface area (Å²) in [5, 5.41) is 0. The average molecular weight is 696 g/mol. The summed E-state index contributed by atoms with van der Waals surface area (Å²) in [7, 11) is 0. The summed E-state index contributed by atoms with van der Waals surface area (Å²) >= 11 is 0. The van der Waals surface area contributed by atoms with Gasteiger partial charge in [-0.2, -0.15) is 105 Å². The minimum absolute atomic E-state index is 4.81. The fourth-order valence-electron chi connectivity index (χ4n) is 5.56. The van der Waals surface area contributed by atoms with E-state index in [0.29, 0.717) is 0 Å². The van der Waals surface area contributed by atoms with Crippen LogP contribution in [0.5, 0.6) is 0 Å². The van der Waals surface area contributed by atoms with Gasteiger partial charge in [0.2, 0.25) is 0 Å². The van der Waals surface area contributed by atoms with Gasteiger partial charge in [0.25, 0.3) is 0 Å². The lowest BCUT2D eigenvalue weighted by molar-refractivity contribution is -0.276. The van der Waals surface area contributed by atoms with Crippen molar-refractivity contribution in [3.05, 3.63) is 44.6 Å². The molecule has 5 aliphatic carbocycles. The van der Waals surface area contributed by atoms with E-state index in [0.717, 1.165) is 0 Å². The summed E-state index contributed by atoms with van der Waals surface area (Å²) in [4.78, 5) is 0. The fraction of sp³-hybridized carbons (Fsp3) is 0.600. The normalized spacial score (nSPS) is 34.4. The van der Waals surface area contributed by atoms with Gasteiger partial charge in [0.1, 0.15) is 0 Å². The molecule has 0 radical (unpaired) electrons. The smallest absolute Gasteiger partial charge is 0.194 e. The monoisotopic (exact) mass is 696 g/mol. The van der Waals surface area contributed by atoms with Crippen LogP contribution in [0, 0.1) is 0 Å². The molecule has 0 aromatic heterocycles. The molecule has 0 unspecified atom stereocenters. The van der Waals surface area contributed by atoms with E-state index < -0.39 is 116 Å². The molecule has 248 valence electrons. The van der Waals surface area contributed by atoms with Crippen molar-refractivity contribution in [1.82, 2.24) is 0 Å². The Balaban J connectivity index is 2.26. The number of rotatable bonds is 0. The molecule has 0 heterocycles. The standard InChI is InChI=1S/C20F24/c21-9(22)1-2(10(23,24)17(9,37)38)4-6(14(31,32)19(41,42)13(4,29)30)8-7(15(33,34)20(43,44)16(8,35)36)5-3(1)11(25,26)18(39,40)12(5,27)28. The maximum Gasteiger partial charge on any atom is 0.380 e. The molecule has 0 saturated carbocycles. The molecule has 0 saturated heterocycles. The molecule has 44 heavy (non-hydrogen) atoms. The molecule has 5 rings (SSSR count). The third-order valence-corrected chi connectivity index (χ3v) is 7.67. The molecule has 5 aliphatic rings. The van der Waals surface area contributed by atoms with Crippen LogP contribution in [-0.2, 0) is 0 Å². The summed E-state index contributed by atoms with van der Waals surface area (Å²) in [6.07, 6.45) is 0. The zero-order chi connectivity index (χ0) is 34.6. The summed E-state index contributed by atoms with van der Waals surface area (Å²) in [5.74, 6) is -92.5. The first-order valence-corrected chi connectivity index (χ1v) is 10.5. The molecule has 0 nitrogen and oxygen atoms in total. The Kier molecular flexibility index (Phi) is 5.30. The molecule has 0 aromatic carbocycles. The second kappa shape index (κ2) is 7.14. The lowest BCUT2D eigenvalue weighted by Gasteiger charge is -2.28. The zero-order valence-corrected chi connectivity index (χ0v) is 19.1. The number of allylic oxidation sites excluding steroid dienone is 8. The minimum atomic E-state index is -7.77. The van der Waals surface area contributed by atoms with Crippen LogP contribution in [-0.4, -0.2) is 71.1 Å². The second-order valence-corrected chi connectivity index (χ2v) is 9.89. The molecular formula is C20F24. The first kappa shape index (κ1) is 32.7. The number of halogens is 24.